The summed E-state index contributed by atoms with van der Waals surface area (Å²) in [6.07, 6.45) is 0. The standard InChI is InChI=1S/C21H24N4O3S/c1-27-19-8-4-17(5-9-19)25-20(16-2-6-18(26)7-3-16)22-23-21(25)29-15-12-24-10-13-28-14-11-24/h2-9,26H,10-15H2,1H3. The number of aromatic nitrogens is 3. The number of benzene rings is 2. The van der Waals surface area contributed by atoms with E-state index in [-0.39, 0.29) is 5.75 Å². The molecule has 2 heterocycles. The zero-order chi connectivity index (χ0) is 20.1. The van der Waals surface area contributed by atoms with Gasteiger partial charge in [-0.15, -0.1) is 10.2 Å². The number of phenolic OH excluding ortho intramolecular Hbond substituents is 1. The molecular weight excluding hydrogens is 388 g/mol. The van der Waals surface area contributed by atoms with Gasteiger partial charge in [0.25, 0.3) is 0 Å². The first-order valence-electron chi connectivity index (χ1n) is 9.57. The summed E-state index contributed by atoms with van der Waals surface area (Å²) in [5.74, 6) is 2.69. The van der Waals surface area contributed by atoms with Gasteiger partial charge in [-0.25, -0.2) is 0 Å². The summed E-state index contributed by atoms with van der Waals surface area (Å²) < 4.78 is 12.8. The normalized spacial score (nSPS) is 14.8. The molecule has 29 heavy (non-hydrogen) atoms. The summed E-state index contributed by atoms with van der Waals surface area (Å²) in [4.78, 5) is 2.41. The monoisotopic (exact) mass is 412 g/mol. The predicted octanol–water partition coefficient (Wildman–Crippen LogP) is 3.07. The third kappa shape index (κ3) is 4.72. The van der Waals surface area contributed by atoms with Gasteiger partial charge in [0, 0.05) is 36.6 Å². The lowest BCUT2D eigenvalue weighted by atomic mass is 10.2. The van der Waals surface area contributed by atoms with Crippen LogP contribution >= 0.6 is 11.8 Å². The van der Waals surface area contributed by atoms with Gasteiger partial charge in [-0.1, -0.05) is 11.8 Å². The molecule has 0 saturated carbocycles. The summed E-state index contributed by atoms with van der Waals surface area (Å²) in [6, 6.07) is 14.9. The van der Waals surface area contributed by atoms with Gasteiger partial charge in [-0.3, -0.25) is 9.47 Å². The van der Waals surface area contributed by atoms with E-state index in [0.717, 1.165) is 66.6 Å². The van der Waals surface area contributed by atoms with E-state index in [1.165, 1.54) is 0 Å². The van der Waals surface area contributed by atoms with Crippen molar-refractivity contribution in [3.8, 4) is 28.6 Å². The van der Waals surface area contributed by atoms with Gasteiger partial charge in [0.15, 0.2) is 11.0 Å². The fourth-order valence-corrected chi connectivity index (χ4v) is 4.17. The van der Waals surface area contributed by atoms with E-state index in [0.29, 0.717) is 0 Å². The molecule has 1 saturated heterocycles. The van der Waals surface area contributed by atoms with Gasteiger partial charge >= 0.3 is 0 Å². The van der Waals surface area contributed by atoms with E-state index >= 15 is 0 Å². The summed E-state index contributed by atoms with van der Waals surface area (Å²) in [5, 5.41) is 19.4. The van der Waals surface area contributed by atoms with Crippen molar-refractivity contribution in [1.29, 1.82) is 0 Å². The molecule has 1 N–H and O–H groups in total. The molecule has 3 aromatic rings. The van der Waals surface area contributed by atoms with Crippen LogP contribution in [-0.2, 0) is 4.74 Å². The molecule has 1 fully saturated rings. The zero-order valence-electron chi connectivity index (χ0n) is 16.3. The Kier molecular flexibility index (Phi) is 6.33. The van der Waals surface area contributed by atoms with Crippen molar-refractivity contribution in [3.05, 3.63) is 48.5 Å². The predicted molar refractivity (Wildman–Crippen MR) is 113 cm³/mol. The quantitative estimate of drug-likeness (QED) is 0.598. The fraction of sp³-hybridized carbons (Fsp3) is 0.333. The average molecular weight is 413 g/mol. The molecule has 1 aromatic heterocycles. The number of aromatic hydroxyl groups is 1. The van der Waals surface area contributed by atoms with Gasteiger partial charge in [0.2, 0.25) is 0 Å². The van der Waals surface area contributed by atoms with E-state index in [1.54, 1.807) is 31.0 Å². The number of phenols is 1. The SMILES string of the molecule is COc1ccc(-n2c(SCCN3CCOCC3)nnc2-c2ccc(O)cc2)cc1. The maximum absolute atomic E-state index is 9.62. The Morgan fingerprint density at radius 1 is 1.03 bits per heavy atom. The van der Waals surface area contributed by atoms with Crippen molar-refractivity contribution in [2.45, 2.75) is 5.16 Å². The first-order chi connectivity index (χ1) is 14.2. The molecule has 0 aliphatic carbocycles. The lowest BCUT2D eigenvalue weighted by Crippen LogP contribution is -2.37. The van der Waals surface area contributed by atoms with Crippen LogP contribution in [0.25, 0.3) is 17.1 Å². The molecule has 8 heteroatoms. The van der Waals surface area contributed by atoms with Crippen LogP contribution < -0.4 is 4.74 Å². The molecule has 0 spiro atoms. The van der Waals surface area contributed by atoms with Crippen LogP contribution in [0.5, 0.6) is 11.5 Å². The maximum atomic E-state index is 9.62. The number of rotatable bonds is 7. The number of morpholine rings is 1. The van der Waals surface area contributed by atoms with E-state index in [4.69, 9.17) is 9.47 Å². The molecule has 152 valence electrons. The van der Waals surface area contributed by atoms with E-state index < -0.39 is 0 Å². The minimum Gasteiger partial charge on any atom is -0.508 e. The summed E-state index contributed by atoms with van der Waals surface area (Å²) in [6.45, 7) is 4.54. The van der Waals surface area contributed by atoms with Crippen LogP contribution in [-0.4, -0.2) is 70.5 Å². The van der Waals surface area contributed by atoms with Gasteiger partial charge in [-0.2, -0.15) is 0 Å². The second-order valence-corrected chi connectivity index (χ2v) is 7.75. The minimum atomic E-state index is 0.226. The highest BCUT2D eigenvalue weighted by molar-refractivity contribution is 7.99. The molecule has 0 radical (unpaired) electrons. The van der Waals surface area contributed by atoms with Crippen LogP contribution in [0.1, 0.15) is 0 Å². The highest BCUT2D eigenvalue weighted by Crippen LogP contribution is 2.29. The second kappa shape index (κ2) is 9.30. The Morgan fingerprint density at radius 2 is 1.76 bits per heavy atom. The Morgan fingerprint density at radius 3 is 2.45 bits per heavy atom. The number of nitrogens with zero attached hydrogens (tertiary/aromatic N) is 4. The van der Waals surface area contributed by atoms with Crippen LogP contribution in [0.4, 0.5) is 0 Å². The molecule has 1 aliphatic heterocycles. The first-order valence-corrected chi connectivity index (χ1v) is 10.6. The van der Waals surface area contributed by atoms with Crippen LogP contribution in [0.2, 0.25) is 0 Å². The lowest BCUT2D eigenvalue weighted by Gasteiger charge is -2.26. The van der Waals surface area contributed by atoms with Gasteiger partial charge in [0.05, 0.1) is 20.3 Å². The molecule has 0 bridgehead atoms. The van der Waals surface area contributed by atoms with Crippen molar-refractivity contribution >= 4 is 11.8 Å². The Labute approximate surface area is 174 Å². The van der Waals surface area contributed by atoms with Crippen LogP contribution in [0.15, 0.2) is 53.7 Å². The van der Waals surface area contributed by atoms with E-state index in [1.807, 2.05) is 36.4 Å². The second-order valence-electron chi connectivity index (χ2n) is 6.69. The molecule has 2 aromatic carbocycles. The third-order valence-electron chi connectivity index (χ3n) is 4.83. The third-order valence-corrected chi connectivity index (χ3v) is 5.74. The number of hydrogen-bond acceptors (Lipinski definition) is 7. The molecular formula is C21H24N4O3S. The number of thioether (sulfide) groups is 1. The minimum absolute atomic E-state index is 0.226. The molecule has 0 unspecified atom stereocenters. The fourth-order valence-electron chi connectivity index (χ4n) is 3.22. The summed E-state index contributed by atoms with van der Waals surface area (Å²) in [5.41, 5.74) is 1.86. The maximum Gasteiger partial charge on any atom is 0.196 e. The Balaban J connectivity index is 1.60. The summed E-state index contributed by atoms with van der Waals surface area (Å²) in [7, 11) is 1.66. The summed E-state index contributed by atoms with van der Waals surface area (Å²) >= 11 is 1.69. The van der Waals surface area contributed by atoms with Gasteiger partial charge in [0.1, 0.15) is 11.5 Å². The lowest BCUT2D eigenvalue weighted by molar-refractivity contribution is 0.0410. The number of hydrogen-bond donors (Lipinski definition) is 1. The Hall–Kier alpha value is -2.55. The molecule has 7 nitrogen and oxygen atoms in total. The highest BCUT2D eigenvalue weighted by Gasteiger charge is 2.17. The van der Waals surface area contributed by atoms with Crippen molar-refractivity contribution in [2.24, 2.45) is 0 Å². The van der Waals surface area contributed by atoms with E-state index in [2.05, 4.69) is 19.7 Å². The van der Waals surface area contributed by atoms with Crippen LogP contribution in [0, 0.1) is 0 Å². The van der Waals surface area contributed by atoms with E-state index in [9.17, 15) is 5.11 Å². The van der Waals surface area contributed by atoms with Crippen LogP contribution in [0.3, 0.4) is 0 Å². The van der Waals surface area contributed by atoms with Crippen molar-refractivity contribution < 1.29 is 14.6 Å². The first kappa shape index (κ1) is 19.8. The smallest absolute Gasteiger partial charge is 0.196 e. The highest BCUT2D eigenvalue weighted by atomic mass is 32.2. The van der Waals surface area contributed by atoms with Crippen molar-refractivity contribution in [2.75, 3.05) is 45.7 Å². The largest absolute Gasteiger partial charge is 0.508 e. The molecule has 1 aliphatic rings. The zero-order valence-corrected chi connectivity index (χ0v) is 17.1. The molecule has 0 atom stereocenters. The average Bonchev–Trinajstić information content (AvgIpc) is 3.19. The molecule has 4 rings (SSSR count). The van der Waals surface area contributed by atoms with Gasteiger partial charge < -0.3 is 14.6 Å². The molecule has 0 amide bonds. The number of methoxy groups -OCH3 is 1. The van der Waals surface area contributed by atoms with Crippen molar-refractivity contribution in [1.82, 2.24) is 19.7 Å². The van der Waals surface area contributed by atoms with Crippen molar-refractivity contribution in [3.63, 3.8) is 0 Å². The topological polar surface area (TPSA) is 72.6 Å². The Bertz CT molecular complexity index is 922. The van der Waals surface area contributed by atoms with Gasteiger partial charge in [-0.05, 0) is 48.5 Å². The number of ether oxygens (including phenoxy) is 2.